The van der Waals surface area contributed by atoms with Gasteiger partial charge in [0.05, 0.1) is 22.6 Å². The van der Waals surface area contributed by atoms with E-state index in [9.17, 15) is 19.5 Å². The number of carbonyl (C=O) groups excluding carboxylic acids is 1. The summed E-state index contributed by atoms with van der Waals surface area (Å²) in [6, 6.07) is 5.19. The number of fused-ring (bicyclic) bond motifs is 1. The molecule has 1 aliphatic rings. The van der Waals surface area contributed by atoms with Crippen LogP contribution in [0.2, 0.25) is 0 Å². The Morgan fingerprint density at radius 3 is 2.83 bits per heavy atom. The number of hydrogen-bond acceptors (Lipinski definition) is 4. The SMILES string of the molecule is CC1(C(=O)O)CCN(C(=O)Cn2cnc3ccc(Br)cc3c2=O)C1. The first kappa shape index (κ1) is 16.6. The molecule has 0 spiro atoms. The lowest BCUT2D eigenvalue weighted by molar-refractivity contribution is -0.147. The van der Waals surface area contributed by atoms with Crippen LogP contribution in [-0.2, 0) is 16.1 Å². The van der Waals surface area contributed by atoms with Gasteiger partial charge < -0.3 is 10.0 Å². The average molecular weight is 394 g/mol. The zero-order valence-corrected chi connectivity index (χ0v) is 14.6. The number of nitrogens with zero attached hydrogens (tertiary/aromatic N) is 3. The number of benzene rings is 1. The molecule has 1 amide bonds. The summed E-state index contributed by atoms with van der Waals surface area (Å²) in [4.78, 5) is 41.9. The van der Waals surface area contributed by atoms with Crippen LogP contribution >= 0.6 is 15.9 Å². The second-order valence-electron chi connectivity index (χ2n) is 6.27. The van der Waals surface area contributed by atoms with Crippen molar-refractivity contribution < 1.29 is 14.7 Å². The van der Waals surface area contributed by atoms with Gasteiger partial charge in [-0.15, -0.1) is 0 Å². The molecule has 2 aromatic rings. The molecular formula is C16H16BrN3O4. The number of aromatic nitrogens is 2. The minimum Gasteiger partial charge on any atom is -0.481 e. The van der Waals surface area contributed by atoms with Gasteiger partial charge in [-0.2, -0.15) is 0 Å². The van der Waals surface area contributed by atoms with Crippen LogP contribution in [0.5, 0.6) is 0 Å². The maximum absolute atomic E-state index is 12.5. The highest BCUT2D eigenvalue weighted by molar-refractivity contribution is 9.10. The fourth-order valence-electron chi connectivity index (χ4n) is 2.84. The minimum absolute atomic E-state index is 0.149. The molecule has 1 aliphatic heterocycles. The Morgan fingerprint density at radius 2 is 2.17 bits per heavy atom. The molecule has 1 N–H and O–H groups in total. The van der Waals surface area contributed by atoms with E-state index in [1.54, 1.807) is 25.1 Å². The van der Waals surface area contributed by atoms with Gasteiger partial charge in [0.2, 0.25) is 5.91 Å². The third kappa shape index (κ3) is 2.93. The van der Waals surface area contributed by atoms with Crippen LogP contribution in [0.3, 0.4) is 0 Å². The maximum Gasteiger partial charge on any atom is 0.311 e. The molecule has 1 saturated heterocycles. The lowest BCUT2D eigenvalue weighted by atomic mass is 9.90. The number of carboxylic acid groups (broad SMARTS) is 1. The normalized spacial score (nSPS) is 20.5. The van der Waals surface area contributed by atoms with E-state index in [1.807, 2.05) is 0 Å². The molecule has 0 radical (unpaired) electrons. The summed E-state index contributed by atoms with van der Waals surface area (Å²) in [6.07, 6.45) is 1.76. The molecule has 0 aliphatic carbocycles. The molecule has 1 aromatic carbocycles. The van der Waals surface area contributed by atoms with E-state index in [2.05, 4.69) is 20.9 Å². The lowest BCUT2D eigenvalue weighted by Gasteiger charge is -2.20. The molecule has 126 valence electrons. The van der Waals surface area contributed by atoms with Gasteiger partial charge in [0.15, 0.2) is 0 Å². The Bertz CT molecular complexity index is 895. The quantitative estimate of drug-likeness (QED) is 0.852. The molecule has 1 fully saturated rings. The number of carboxylic acids is 1. The Hall–Kier alpha value is -2.22. The van der Waals surface area contributed by atoms with Gasteiger partial charge in [0, 0.05) is 17.6 Å². The highest BCUT2D eigenvalue weighted by atomic mass is 79.9. The van der Waals surface area contributed by atoms with Crippen molar-refractivity contribution in [1.29, 1.82) is 0 Å². The molecule has 0 bridgehead atoms. The van der Waals surface area contributed by atoms with Crippen molar-refractivity contribution in [2.45, 2.75) is 19.9 Å². The third-order valence-electron chi connectivity index (χ3n) is 4.43. The molecule has 8 heteroatoms. The largest absolute Gasteiger partial charge is 0.481 e. The van der Waals surface area contributed by atoms with Crippen molar-refractivity contribution in [1.82, 2.24) is 14.5 Å². The summed E-state index contributed by atoms with van der Waals surface area (Å²) in [7, 11) is 0. The van der Waals surface area contributed by atoms with Crippen LogP contribution < -0.4 is 5.56 Å². The second kappa shape index (κ2) is 6.01. The highest BCUT2D eigenvalue weighted by Gasteiger charge is 2.42. The molecule has 1 aromatic heterocycles. The van der Waals surface area contributed by atoms with Crippen molar-refractivity contribution in [3.63, 3.8) is 0 Å². The van der Waals surface area contributed by atoms with Crippen LogP contribution in [0.1, 0.15) is 13.3 Å². The van der Waals surface area contributed by atoms with E-state index in [0.29, 0.717) is 23.9 Å². The van der Waals surface area contributed by atoms with Gasteiger partial charge in [-0.1, -0.05) is 15.9 Å². The predicted molar refractivity (Wildman–Crippen MR) is 90.6 cm³/mol. The van der Waals surface area contributed by atoms with Crippen molar-refractivity contribution in [3.05, 3.63) is 39.4 Å². The highest BCUT2D eigenvalue weighted by Crippen LogP contribution is 2.30. The van der Waals surface area contributed by atoms with E-state index in [1.165, 1.54) is 15.8 Å². The minimum atomic E-state index is -0.923. The van der Waals surface area contributed by atoms with Gasteiger partial charge >= 0.3 is 5.97 Å². The fourth-order valence-corrected chi connectivity index (χ4v) is 3.20. The smallest absolute Gasteiger partial charge is 0.311 e. The number of aliphatic carboxylic acids is 1. The van der Waals surface area contributed by atoms with Crippen LogP contribution in [-0.4, -0.2) is 44.5 Å². The van der Waals surface area contributed by atoms with Crippen LogP contribution in [0, 0.1) is 5.41 Å². The van der Waals surface area contributed by atoms with E-state index < -0.39 is 11.4 Å². The van der Waals surface area contributed by atoms with Gasteiger partial charge in [-0.3, -0.25) is 19.0 Å². The Balaban J connectivity index is 1.83. The first-order chi connectivity index (χ1) is 11.3. The Morgan fingerprint density at radius 1 is 1.42 bits per heavy atom. The first-order valence-corrected chi connectivity index (χ1v) is 8.25. The number of carbonyl (C=O) groups is 2. The van der Waals surface area contributed by atoms with Crippen molar-refractivity contribution in [3.8, 4) is 0 Å². The van der Waals surface area contributed by atoms with Crippen molar-refractivity contribution in [2.75, 3.05) is 13.1 Å². The topological polar surface area (TPSA) is 92.5 Å². The molecule has 7 nitrogen and oxygen atoms in total. The van der Waals surface area contributed by atoms with Crippen LogP contribution in [0.25, 0.3) is 10.9 Å². The summed E-state index contributed by atoms with van der Waals surface area (Å²) < 4.78 is 2.02. The average Bonchev–Trinajstić information content (AvgIpc) is 2.95. The van der Waals surface area contributed by atoms with Crippen molar-refractivity contribution >= 4 is 38.7 Å². The second-order valence-corrected chi connectivity index (χ2v) is 7.19. The standard InChI is InChI=1S/C16H16BrN3O4/c1-16(15(23)24)4-5-19(8-16)13(21)7-20-9-18-12-3-2-10(17)6-11(12)14(20)22/h2-3,6,9H,4-5,7-8H2,1H3,(H,23,24). The Labute approximate surface area is 146 Å². The first-order valence-electron chi connectivity index (χ1n) is 7.46. The van der Waals surface area contributed by atoms with Gasteiger partial charge in [-0.25, -0.2) is 4.98 Å². The summed E-state index contributed by atoms with van der Waals surface area (Å²) in [5.41, 5.74) is -0.658. The summed E-state index contributed by atoms with van der Waals surface area (Å²) in [5.74, 6) is -1.19. The Kier molecular flexibility index (Phi) is 4.16. The number of halogens is 1. The van der Waals surface area contributed by atoms with Gasteiger partial charge in [0.25, 0.3) is 5.56 Å². The molecule has 24 heavy (non-hydrogen) atoms. The van der Waals surface area contributed by atoms with Crippen LogP contribution in [0.4, 0.5) is 0 Å². The van der Waals surface area contributed by atoms with Gasteiger partial charge in [0.1, 0.15) is 6.54 Å². The monoisotopic (exact) mass is 393 g/mol. The maximum atomic E-state index is 12.5. The van der Waals surface area contributed by atoms with E-state index in [-0.39, 0.29) is 24.6 Å². The number of hydrogen-bond donors (Lipinski definition) is 1. The molecule has 0 saturated carbocycles. The summed E-state index contributed by atoms with van der Waals surface area (Å²) >= 11 is 3.32. The van der Waals surface area contributed by atoms with E-state index in [4.69, 9.17) is 0 Å². The van der Waals surface area contributed by atoms with Crippen LogP contribution in [0.15, 0.2) is 33.8 Å². The lowest BCUT2D eigenvalue weighted by Crippen LogP contribution is -2.38. The number of amides is 1. The summed E-state index contributed by atoms with van der Waals surface area (Å²) in [6.45, 7) is 2.01. The number of likely N-dealkylation sites (tertiary alicyclic amines) is 1. The molecule has 1 unspecified atom stereocenters. The zero-order valence-electron chi connectivity index (χ0n) is 13.0. The fraction of sp³-hybridized carbons (Fsp3) is 0.375. The van der Waals surface area contributed by atoms with Crippen molar-refractivity contribution in [2.24, 2.45) is 5.41 Å². The van der Waals surface area contributed by atoms with Gasteiger partial charge in [-0.05, 0) is 31.5 Å². The van der Waals surface area contributed by atoms with E-state index >= 15 is 0 Å². The molecule has 1 atom stereocenters. The summed E-state index contributed by atoms with van der Waals surface area (Å²) in [5, 5.41) is 9.67. The number of rotatable bonds is 3. The van der Waals surface area contributed by atoms with E-state index in [0.717, 1.165) is 4.47 Å². The zero-order chi connectivity index (χ0) is 17.5. The molecule has 2 heterocycles. The molecule has 3 rings (SSSR count). The predicted octanol–water partition coefficient (Wildman–Crippen LogP) is 1.48. The third-order valence-corrected chi connectivity index (χ3v) is 4.93. The molecular weight excluding hydrogens is 378 g/mol.